The minimum atomic E-state index is -0.321. The van der Waals surface area contributed by atoms with Crippen LogP contribution in [-0.4, -0.2) is 13.1 Å². The van der Waals surface area contributed by atoms with Gasteiger partial charge in [0.1, 0.15) is 5.75 Å². The molecule has 3 aromatic carbocycles. The molecule has 1 unspecified atom stereocenters. The highest BCUT2D eigenvalue weighted by Gasteiger charge is 2.08. The SMILES string of the molecule is COc1ccccc1NC(=O)Nc1ccc(NC(C)c2ccccc2)cc1. The van der Waals surface area contributed by atoms with Gasteiger partial charge in [0.2, 0.25) is 0 Å². The normalized spacial score (nSPS) is 11.3. The van der Waals surface area contributed by atoms with Crippen LogP contribution in [0.3, 0.4) is 0 Å². The molecule has 0 aliphatic heterocycles. The van der Waals surface area contributed by atoms with Crippen molar-refractivity contribution in [3.8, 4) is 5.75 Å². The average Bonchev–Trinajstić information content (AvgIpc) is 2.70. The Morgan fingerprint density at radius 2 is 1.44 bits per heavy atom. The highest BCUT2D eigenvalue weighted by atomic mass is 16.5. The summed E-state index contributed by atoms with van der Waals surface area (Å²) in [6, 6.07) is 25.0. The lowest BCUT2D eigenvalue weighted by molar-refractivity contribution is 0.262. The molecule has 5 nitrogen and oxygen atoms in total. The smallest absolute Gasteiger partial charge is 0.323 e. The fraction of sp³-hybridized carbons (Fsp3) is 0.136. The summed E-state index contributed by atoms with van der Waals surface area (Å²) in [5.41, 5.74) is 3.53. The molecule has 2 amide bonds. The summed E-state index contributed by atoms with van der Waals surface area (Å²) in [5.74, 6) is 0.613. The van der Waals surface area contributed by atoms with E-state index in [0.29, 0.717) is 17.1 Å². The van der Waals surface area contributed by atoms with Crippen molar-refractivity contribution in [1.82, 2.24) is 0 Å². The number of anilines is 3. The van der Waals surface area contributed by atoms with Gasteiger partial charge in [-0.2, -0.15) is 0 Å². The van der Waals surface area contributed by atoms with Crippen LogP contribution in [0.2, 0.25) is 0 Å². The zero-order chi connectivity index (χ0) is 19.1. The number of carbonyl (C=O) groups excluding carboxylic acids is 1. The quantitative estimate of drug-likeness (QED) is 0.542. The van der Waals surface area contributed by atoms with Crippen LogP contribution in [0.15, 0.2) is 78.9 Å². The molecule has 138 valence electrons. The van der Waals surface area contributed by atoms with Crippen molar-refractivity contribution in [2.45, 2.75) is 13.0 Å². The van der Waals surface area contributed by atoms with Gasteiger partial charge < -0.3 is 20.7 Å². The molecule has 0 bridgehead atoms. The van der Waals surface area contributed by atoms with Gasteiger partial charge in [0.05, 0.1) is 12.8 Å². The van der Waals surface area contributed by atoms with Crippen molar-refractivity contribution >= 4 is 23.1 Å². The Kier molecular flexibility index (Phi) is 5.94. The Hall–Kier alpha value is -3.47. The minimum Gasteiger partial charge on any atom is -0.495 e. The number of nitrogens with one attached hydrogen (secondary N) is 3. The third-order valence-electron chi connectivity index (χ3n) is 4.18. The Balaban J connectivity index is 1.58. The number of benzene rings is 3. The molecule has 0 aliphatic carbocycles. The molecule has 1 atom stereocenters. The van der Waals surface area contributed by atoms with Crippen LogP contribution in [0.4, 0.5) is 21.9 Å². The van der Waals surface area contributed by atoms with E-state index in [0.717, 1.165) is 5.69 Å². The number of hydrogen-bond acceptors (Lipinski definition) is 3. The highest BCUT2D eigenvalue weighted by molar-refractivity contribution is 6.00. The van der Waals surface area contributed by atoms with Gasteiger partial charge in [0, 0.05) is 17.4 Å². The lowest BCUT2D eigenvalue weighted by Crippen LogP contribution is -2.19. The molecule has 0 aromatic heterocycles. The summed E-state index contributed by atoms with van der Waals surface area (Å²) >= 11 is 0. The number of rotatable bonds is 6. The molecule has 5 heteroatoms. The minimum absolute atomic E-state index is 0.193. The number of hydrogen-bond donors (Lipinski definition) is 3. The number of ether oxygens (including phenoxy) is 1. The van der Waals surface area contributed by atoms with E-state index in [1.807, 2.05) is 54.6 Å². The zero-order valence-corrected chi connectivity index (χ0v) is 15.4. The van der Waals surface area contributed by atoms with Gasteiger partial charge >= 0.3 is 6.03 Å². The molecular weight excluding hydrogens is 338 g/mol. The molecule has 0 spiro atoms. The van der Waals surface area contributed by atoms with Crippen molar-refractivity contribution in [2.24, 2.45) is 0 Å². The highest BCUT2D eigenvalue weighted by Crippen LogP contribution is 2.24. The van der Waals surface area contributed by atoms with Crippen molar-refractivity contribution in [3.05, 3.63) is 84.4 Å². The summed E-state index contributed by atoms with van der Waals surface area (Å²) in [6.45, 7) is 2.11. The second kappa shape index (κ2) is 8.76. The van der Waals surface area contributed by atoms with Gasteiger partial charge in [0.25, 0.3) is 0 Å². The maximum Gasteiger partial charge on any atom is 0.323 e. The molecule has 3 rings (SSSR count). The van der Waals surface area contributed by atoms with Crippen LogP contribution in [0.25, 0.3) is 0 Å². The summed E-state index contributed by atoms with van der Waals surface area (Å²) < 4.78 is 5.23. The van der Waals surface area contributed by atoms with Crippen LogP contribution in [0.5, 0.6) is 5.75 Å². The maximum atomic E-state index is 12.2. The zero-order valence-electron chi connectivity index (χ0n) is 15.4. The van der Waals surface area contributed by atoms with Gasteiger partial charge in [-0.1, -0.05) is 42.5 Å². The number of methoxy groups -OCH3 is 1. The molecule has 0 saturated carbocycles. The Bertz CT molecular complexity index is 880. The van der Waals surface area contributed by atoms with E-state index in [1.165, 1.54) is 5.56 Å². The van der Waals surface area contributed by atoms with Crippen molar-refractivity contribution in [2.75, 3.05) is 23.1 Å². The molecule has 3 N–H and O–H groups in total. The summed E-state index contributed by atoms with van der Waals surface area (Å²) in [7, 11) is 1.57. The number of carbonyl (C=O) groups is 1. The first-order valence-corrected chi connectivity index (χ1v) is 8.78. The van der Waals surface area contributed by atoms with Gasteiger partial charge in [-0.3, -0.25) is 0 Å². The summed E-state index contributed by atoms with van der Waals surface area (Å²) in [4.78, 5) is 12.2. The van der Waals surface area contributed by atoms with Gasteiger partial charge in [0.15, 0.2) is 0 Å². The number of para-hydroxylation sites is 2. The van der Waals surface area contributed by atoms with E-state index >= 15 is 0 Å². The molecular formula is C22H23N3O2. The first-order valence-electron chi connectivity index (χ1n) is 8.78. The van der Waals surface area contributed by atoms with E-state index in [2.05, 4.69) is 35.0 Å². The topological polar surface area (TPSA) is 62.4 Å². The molecule has 27 heavy (non-hydrogen) atoms. The Labute approximate surface area is 159 Å². The predicted molar refractivity (Wildman–Crippen MR) is 111 cm³/mol. The van der Waals surface area contributed by atoms with Crippen molar-refractivity contribution in [3.63, 3.8) is 0 Å². The van der Waals surface area contributed by atoms with Crippen LogP contribution in [-0.2, 0) is 0 Å². The predicted octanol–water partition coefficient (Wildman–Crippen LogP) is 5.51. The molecule has 0 aliphatic rings. The van der Waals surface area contributed by atoms with Crippen LogP contribution >= 0.6 is 0 Å². The lowest BCUT2D eigenvalue weighted by atomic mass is 10.1. The Morgan fingerprint density at radius 3 is 2.15 bits per heavy atom. The van der Waals surface area contributed by atoms with Crippen LogP contribution < -0.4 is 20.7 Å². The van der Waals surface area contributed by atoms with Gasteiger partial charge in [-0.25, -0.2) is 4.79 Å². The first kappa shape index (κ1) is 18.3. The monoisotopic (exact) mass is 361 g/mol. The molecule has 3 aromatic rings. The number of amides is 2. The van der Waals surface area contributed by atoms with E-state index in [-0.39, 0.29) is 12.1 Å². The summed E-state index contributed by atoms with van der Waals surface area (Å²) in [5, 5.41) is 9.06. The average molecular weight is 361 g/mol. The van der Waals surface area contributed by atoms with E-state index in [4.69, 9.17) is 4.74 Å². The molecule has 0 saturated heterocycles. The lowest BCUT2D eigenvalue weighted by Gasteiger charge is -2.16. The van der Waals surface area contributed by atoms with E-state index < -0.39 is 0 Å². The molecule has 0 heterocycles. The third kappa shape index (κ3) is 5.01. The van der Waals surface area contributed by atoms with E-state index in [9.17, 15) is 4.79 Å². The fourth-order valence-electron chi connectivity index (χ4n) is 2.76. The van der Waals surface area contributed by atoms with Gasteiger partial charge in [-0.05, 0) is 48.9 Å². The van der Waals surface area contributed by atoms with Gasteiger partial charge in [-0.15, -0.1) is 0 Å². The third-order valence-corrected chi connectivity index (χ3v) is 4.18. The second-order valence-corrected chi connectivity index (χ2v) is 6.13. The van der Waals surface area contributed by atoms with Crippen molar-refractivity contribution < 1.29 is 9.53 Å². The fourth-order valence-corrected chi connectivity index (χ4v) is 2.76. The maximum absolute atomic E-state index is 12.2. The largest absolute Gasteiger partial charge is 0.495 e. The van der Waals surface area contributed by atoms with E-state index in [1.54, 1.807) is 19.2 Å². The summed E-state index contributed by atoms with van der Waals surface area (Å²) in [6.07, 6.45) is 0. The Morgan fingerprint density at radius 1 is 0.815 bits per heavy atom. The van der Waals surface area contributed by atoms with Crippen LogP contribution in [0.1, 0.15) is 18.5 Å². The van der Waals surface area contributed by atoms with Crippen molar-refractivity contribution in [1.29, 1.82) is 0 Å². The second-order valence-electron chi connectivity index (χ2n) is 6.13. The standard InChI is InChI=1S/C22H23N3O2/c1-16(17-8-4-3-5-9-17)23-18-12-14-19(15-13-18)24-22(26)25-20-10-6-7-11-21(20)27-2/h3-16,23H,1-2H3,(H2,24,25,26). The molecule has 0 radical (unpaired) electrons. The molecule has 0 fully saturated rings. The first-order chi connectivity index (χ1) is 13.2. The number of urea groups is 1. The van der Waals surface area contributed by atoms with Crippen LogP contribution in [0, 0.1) is 0 Å².